The Hall–Kier alpha value is -1.20. The number of para-hydroxylation sites is 2. The summed E-state index contributed by atoms with van der Waals surface area (Å²) in [5, 5.41) is 5.52. The number of nitrogens with zero attached hydrogens (tertiary/aromatic N) is 4. The van der Waals surface area contributed by atoms with Crippen molar-refractivity contribution < 1.29 is 4.74 Å². The normalized spacial score (nSPS) is 14.6. The molecule has 1 N–H and O–H groups in total. The summed E-state index contributed by atoms with van der Waals surface area (Å²) in [7, 11) is 3.59. The van der Waals surface area contributed by atoms with Crippen molar-refractivity contribution in [3.05, 3.63) is 35.8 Å². The Kier molecular flexibility index (Phi) is 10.2. The van der Waals surface area contributed by atoms with Crippen molar-refractivity contribution in [2.24, 2.45) is 4.99 Å². The lowest BCUT2D eigenvalue weighted by atomic mass is 10.2. The number of rotatable bonds is 7. The summed E-state index contributed by atoms with van der Waals surface area (Å²) in [6.07, 6.45) is 2.95. The quantitative estimate of drug-likeness (QED) is 0.193. The van der Waals surface area contributed by atoms with Gasteiger partial charge in [-0.3, -0.25) is 4.99 Å². The van der Waals surface area contributed by atoms with Crippen LogP contribution < -0.4 is 15.0 Å². The Labute approximate surface area is 192 Å². The van der Waals surface area contributed by atoms with Gasteiger partial charge in [-0.1, -0.05) is 23.9 Å². The molecule has 1 saturated heterocycles. The van der Waals surface area contributed by atoms with Crippen LogP contribution in [-0.2, 0) is 0 Å². The molecule has 0 saturated carbocycles. The van der Waals surface area contributed by atoms with E-state index in [1.165, 1.54) is 5.69 Å². The number of methoxy groups -OCH3 is 1. The van der Waals surface area contributed by atoms with Crippen LogP contribution in [-0.4, -0.2) is 68.5 Å². The van der Waals surface area contributed by atoms with E-state index in [0.717, 1.165) is 60.9 Å². The number of thioether (sulfide) groups is 1. The molecule has 0 unspecified atom stereocenters. The van der Waals surface area contributed by atoms with Crippen LogP contribution in [0.3, 0.4) is 0 Å². The largest absolute Gasteiger partial charge is 0.495 e. The Bertz CT molecular complexity index is 721. The van der Waals surface area contributed by atoms with Gasteiger partial charge in [-0.25, -0.2) is 4.98 Å². The van der Waals surface area contributed by atoms with Crippen LogP contribution in [0.25, 0.3) is 0 Å². The maximum Gasteiger partial charge on any atom is 0.193 e. The Morgan fingerprint density at radius 3 is 2.75 bits per heavy atom. The zero-order valence-corrected chi connectivity index (χ0v) is 20.3. The van der Waals surface area contributed by atoms with Gasteiger partial charge in [0.1, 0.15) is 10.1 Å². The molecule has 6 nitrogen and oxygen atoms in total. The van der Waals surface area contributed by atoms with Crippen LogP contribution in [0.2, 0.25) is 0 Å². The van der Waals surface area contributed by atoms with Crippen LogP contribution in [0.15, 0.2) is 45.2 Å². The van der Waals surface area contributed by atoms with Gasteiger partial charge in [0, 0.05) is 57.1 Å². The number of anilines is 1. The molecule has 154 valence electrons. The fourth-order valence-corrected chi connectivity index (χ4v) is 4.74. The van der Waals surface area contributed by atoms with Gasteiger partial charge in [0.2, 0.25) is 0 Å². The van der Waals surface area contributed by atoms with Gasteiger partial charge in [0.05, 0.1) is 12.8 Å². The minimum atomic E-state index is 0. The molecule has 0 radical (unpaired) electrons. The van der Waals surface area contributed by atoms with Gasteiger partial charge in [-0.05, 0) is 18.6 Å². The van der Waals surface area contributed by atoms with E-state index in [-0.39, 0.29) is 24.0 Å². The molecule has 2 aromatic rings. The summed E-state index contributed by atoms with van der Waals surface area (Å²) in [6, 6.07) is 8.22. The fraction of sp³-hybridized carbons (Fsp3) is 0.474. The smallest absolute Gasteiger partial charge is 0.193 e. The number of aliphatic imine (C=N–C) groups is 1. The van der Waals surface area contributed by atoms with Crippen molar-refractivity contribution in [1.82, 2.24) is 15.2 Å². The molecule has 1 fully saturated rings. The fourth-order valence-electron chi connectivity index (χ4n) is 3.10. The van der Waals surface area contributed by atoms with E-state index in [4.69, 9.17) is 4.74 Å². The molecule has 28 heavy (non-hydrogen) atoms. The second-order valence-corrected chi connectivity index (χ2v) is 8.36. The highest BCUT2D eigenvalue weighted by Crippen LogP contribution is 2.28. The minimum Gasteiger partial charge on any atom is -0.495 e. The molecule has 9 heteroatoms. The van der Waals surface area contributed by atoms with E-state index in [2.05, 4.69) is 37.2 Å². The molecule has 3 rings (SSSR count). The minimum absolute atomic E-state index is 0. The molecule has 1 aromatic heterocycles. The van der Waals surface area contributed by atoms with Crippen LogP contribution in [0.1, 0.15) is 6.42 Å². The van der Waals surface area contributed by atoms with Crippen LogP contribution in [0.5, 0.6) is 5.75 Å². The first kappa shape index (κ1) is 23.1. The number of guanidine groups is 1. The summed E-state index contributed by atoms with van der Waals surface area (Å²) in [4.78, 5) is 13.5. The molecule has 2 heterocycles. The van der Waals surface area contributed by atoms with E-state index >= 15 is 0 Å². The third-order valence-corrected chi connectivity index (χ3v) is 6.51. The van der Waals surface area contributed by atoms with E-state index in [0.29, 0.717) is 0 Å². The summed E-state index contributed by atoms with van der Waals surface area (Å²) in [5.74, 6) is 3.00. The molecule has 1 aromatic carbocycles. The summed E-state index contributed by atoms with van der Waals surface area (Å²) < 4.78 is 6.65. The van der Waals surface area contributed by atoms with Gasteiger partial charge >= 0.3 is 0 Å². The maximum atomic E-state index is 5.50. The van der Waals surface area contributed by atoms with Gasteiger partial charge in [0.15, 0.2) is 5.96 Å². The summed E-state index contributed by atoms with van der Waals surface area (Å²) in [5.41, 5.74) is 1.17. The first-order valence-electron chi connectivity index (χ1n) is 9.17. The Morgan fingerprint density at radius 2 is 2.07 bits per heavy atom. The predicted molar refractivity (Wildman–Crippen MR) is 131 cm³/mol. The molecule has 1 aliphatic heterocycles. The first-order chi connectivity index (χ1) is 13.3. The van der Waals surface area contributed by atoms with Crippen molar-refractivity contribution >= 4 is 58.7 Å². The third-order valence-electron chi connectivity index (χ3n) is 4.46. The number of nitrogens with one attached hydrogen (secondary N) is 1. The van der Waals surface area contributed by atoms with E-state index in [1.54, 1.807) is 18.4 Å². The predicted octanol–water partition coefficient (Wildman–Crippen LogP) is 3.65. The van der Waals surface area contributed by atoms with Crippen molar-refractivity contribution in [3.8, 4) is 5.75 Å². The Morgan fingerprint density at radius 1 is 1.29 bits per heavy atom. The molecule has 0 spiro atoms. The lowest BCUT2D eigenvalue weighted by Crippen LogP contribution is -2.52. The topological polar surface area (TPSA) is 53.0 Å². The molecular weight excluding hydrogens is 505 g/mol. The van der Waals surface area contributed by atoms with Gasteiger partial charge in [0.25, 0.3) is 0 Å². The highest BCUT2D eigenvalue weighted by Gasteiger charge is 2.21. The summed E-state index contributed by atoms with van der Waals surface area (Å²) in [6.45, 7) is 4.75. The SMILES string of the molecule is CN=C(NCCCSc1nccs1)N1CCN(c2ccccc2OC)CC1.I. The standard InChI is InChI=1S/C19H27N5OS2.HI/c1-20-18(21-8-5-14-26-19-22-9-15-27-19)24-12-10-23(11-13-24)16-6-3-4-7-17(16)25-2;/h3-4,6-7,9,15H,5,8,10-14H2,1-2H3,(H,20,21);1H. The lowest BCUT2D eigenvalue weighted by Gasteiger charge is -2.38. The average molecular weight is 534 g/mol. The second kappa shape index (κ2) is 12.4. The molecule has 0 bridgehead atoms. The molecule has 1 aliphatic rings. The van der Waals surface area contributed by atoms with Crippen molar-refractivity contribution in [1.29, 1.82) is 0 Å². The number of halogens is 1. The highest BCUT2D eigenvalue weighted by atomic mass is 127. The van der Waals surface area contributed by atoms with Gasteiger partial charge in [-0.2, -0.15) is 0 Å². The second-order valence-electron chi connectivity index (χ2n) is 6.12. The average Bonchev–Trinajstić information content (AvgIpc) is 3.24. The third kappa shape index (κ3) is 6.41. The van der Waals surface area contributed by atoms with Crippen LogP contribution in [0, 0.1) is 0 Å². The molecule has 0 aliphatic carbocycles. The zero-order chi connectivity index (χ0) is 18.9. The van der Waals surface area contributed by atoms with E-state index in [9.17, 15) is 0 Å². The van der Waals surface area contributed by atoms with Crippen LogP contribution in [0.4, 0.5) is 5.69 Å². The highest BCUT2D eigenvalue weighted by molar-refractivity contribution is 14.0. The summed E-state index contributed by atoms with van der Waals surface area (Å²) >= 11 is 3.52. The van der Waals surface area contributed by atoms with Crippen molar-refractivity contribution in [3.63, 3.8) is 0 Å². The van der Waals surface area contributed by atoms with E-state index in [1.807, 2.05) is 42.5 Å². The number of hydrogen-bond donors (Lipinski definition) is 1. The van der Waals surface area contributed by atoms with E-state index < -0.39 is 0 Å². The number of benzene rings is 1. The van der Waals surface area contributed by atoms with Crippen molar-refractivity contribution in [2.75, 3.05) is 57.5 Å². The van der Waals surface area contributed by atoms with Gasteiger partial charge < -0.3 is 19.9 Å². The van der Waals surface area contributed by atoms with Gasteiger partial charge in [-0.15, -0.1) is 35.3 Å². The number of thiazole rings is 1. The first-order valence-corrected chi connectivity index (χ1v) is 11.0. The molecule has 0 amide bonds. The Balaban J connectivity index is 0.00000280. The van der Waals surface area contributed by atoms with Crippen LogP contribution >= 0.6 is 47.1 Å². The number of aromatic nitrogens is 1. The van der Waals surface area contributed by atoms with Crippen molar-refractivity contribution in [2.45, 2.75) is 10.8 Å². The lowest BCUT2D eigenvalue weighted by molar-refractivity contribution is 0.367. The number of ether oxygens (including phenoxy) is 1. The monoisotopic (exact) mass is 533 g/mol. The number of hydrogen-bond acceptors (Lipinski definition) is 6. The molecular formula is C19H28IN5OS2. The molecule has 0 atom stereocenters. The zero-order valence-electron chi connectivity index (χ0n) is 16.3. The maximum absolute atomic E-state index is 5.50. The number of piperazine rings is 1.